The summed E-state index contributed by atoms with van der Waals surface area (Å²) in [6.07, 6.45) is 0. The van der Waals surface area contributed by atoms with Crippen LogP contribution in [0.15, 0.2) is 69.4 Å². The van der Waals surface area contributed by atoms with Crippen LogP contribution in [-0.4, -0.2) is 21.6 Å². The van der Waals surface area contributed by atoms with Crippen molar-refractivity contribution < 1.29 is 4.79 Å². The van der Waals surface area contributed by atoms with Gasteiger partial charge >= 0.3 is 0 Å². The van der Waals surface area contributed by atoms with Gasteiger partial charge in [0.2, 0.25) is 5.91 Å². The average Bonchev–Trinajstić information content (AvgIpc) is 2.68. The number of aromatic amines is 1. The van der Waals surface area contributed by atoms with Crippen LogP contribution in [0.2, 0.25) is 0 Å². The van der Waals surface area contributed by atoms with E-state index in [4.69, 9.17) is 0 Å². The number of aromatic nitrogens is 2. The second kappa shape index (κ2) is 9.61. The lowest BCUT2D eigenvalue weighted by atomic mass is 10.1. The van der Waals surface area contributed by atoms with Crippen LogP contribution in [0.1, 0.15) is 16.8 Å². The van der Waals surface area contributed by atoms with E-state index in [1.165, 1.54) is 17.8 Å². The minimum Gasteiger partial charge on any atom is -0.325 e. The zero-order valence-electron chi connectivity index (χ0n) is 15.7. The van der Waals surface area contributed by atoms with Crippen LogP contribution >= 0.6 is 23.5 Å². The van der Waals surface area contributed by atoms with E-state index >= 15 is 0 Å². The maximum absolute atomic E-state index is 12.3. The first-order valence-electron chi connectivity index (χ1n) is 8.77. The summed E-state index contributed by atoms with van der Waals surface area (Å²) in [6, 6.07) is 17.4. The Balaban J connectivity index is 1.59. The molecule has 0 unspecified atom stereocenters. The molecule has 0 saturated heterocycles. The zero-order chi connectivity index (χ0) is 19.9. The maximum atomic E-state index is 12.3. The zero-order valence-corrected chi connectivity index (χ0v) is 17.3. The van der Waals surface area contributed by atoms with Gasteiger partial charge in [0.25, 0.3) is 5.56 Å². The van der Waals surface area contributed by atoms with Gasteiger partial charge in [-0.2, -0.15) is 0 Å². The first-order valence-corrected chi connectivity index (χ1v) is 10.7. The predicted octanol–water partition coefficient (Wildman–Crippen LogP) is 4.41. The molecule has 0 fully saturated rings. The van der Waals surface area contributed by atoms with E-state index in [2.05, 4.69) is 15.3 Å². The van der Waals surface area contributed by atoms with Crippen molar-refractivity contribution in [1.29, 1.82) is 0 Å². The van der Waals surface area contributed by atoms with E-state index in [1.807, 2.05) is 62.4 Å². The molecule has 2 aromatic carbocycles. The number of aryl methyl sites for hydroxylation is 2. The van der Waals surface area contributed by atoms with E-state index in [0.717, 1.165) is 21.7 Å². The number of benzene rings is 2. The highest BCUT2D eigenvalue weighted by atomic mass is 32.2. The number of nitrogens with zero attached hydrogens (tertiary/aromatic N) is 1. The normalized spacial score (nSPS) is 10.6. The molecular formula is C21H21N3O2S2. The number of rotatable bonds is 7. The molecule has 1 heterocycles. The second-order valence-electron chi connectivity index (χ2n) is 6.30. The van der Waals surface area contributed by atoms with Gasteiger partial charge in [-0.3, -0.25) is 9.59 Å². The molecule has 0 radical (unpaired) electrons. The number of thioether (sulfide) groups is 2. The highest BCUT2D eigenvalue weighted by Crippen LogP contribution is 2.22. The summed E-state index contributed by atoms with van der Waals surface area (Å²) in [4.78, 5) is 32.5. The summed E-state index contributed by atoms with van der Waals surface area (Å²) < 4.78 is 0. The third-order valence-electron chi connectivity index (χ3n) is 3.91. The lowest BCUT2D eigenvalue weighted by Crippen LogP contribution is -2.16. The van der Waals surface area contributed by atoms with Crippen molar-refractivity contribution >= 4 is 35.1 Å². The first kappa shape index (κ1) is 20.2. The van der Waals surface area contributed by atoms with E-state index in [0.29, 0.717) is 16.6 Å². The van der Waals surface area contributed by atoms with E-state index in [1.54, 1.807) is 11.8 Å². The van der Waals surface area contributed by atoms with Crippen molar-refractivity contribution in [3.8, 4) is 0 Å². The molecule has 0 atom stereocenters. The Hall–Kier alpha value is -2.51. The van der Waals surface area contributed by atoms with E-state index in [9.17, 15) is 9.59 Å². The van der Waals surface area contributed by atoms with Crippen molar-refractivity contribution in [3.05, 3.63) is 81.8 Å². The highest BCUT2D eigenvalue weighted by molar-refractivity contribution is 7.99. The largest absolute Gasteiger partial charge is 0.325 e. The molecule has 1 amide bonds. The molecule has 0 bridgehead atoms. The number of carbonyl (C=O) groups is 1. The number of H-pyrrole nitrogens is 1. The fourth-order valence-corrected chi connectivity index (χ4v) is 4.00. The Morgan fingerprint density at radius 3 is 2.64 bits per heavy atom. The highest BCUT2D eigenvalue weighted by Gasteiger charge is 2.09. The molecular weight excluding hydrogens is 390 g/mol. The Labute approximate surface area is 172 Å². The van der Waals surface area contributed by atoms with Crippen molar-refractivity contribution in [1.82, 2.24) is 9.97 Å². The molecule has 5 nitrogen and oxygen atoms in total. The summed E-state index contributed by atoms with van der Waals surface area (Å²) in [5.41, 5.74) is 3.38. The van der Waals surface area contributed by atoms with Crippen molar-refractivity contribution in [2.24, 2.45) is 0 Å². The van der Waals surface area contributed by atoms with Gasteiger partial charge in [0.1, 0.15) is 0 Å². The molecule has 0 saturated carbocycles. The molecule has 3 aromatic rings. The molecule has 1 aromatic heterocycles. The quantitative estimate of drug-likeness (QED) is 0.445. The van der Waals surface area contributed by atoms with Gasteiger partial charge in [0, 0.05) is 22.4 Å². The Bertz CT molecular complexity index is 1020. The first-order chi connectivity index (χ1) is 13.5. The summed E-state index contributed by atoms with van der Waals surface area (Å²) in [5.74, 6) is 0.632. The third kappa shape index (κ3) is 6.00. The number of nitrogens with one attached hydrogen (secondary N) is 2. The molecule has 2 N–H and O–H groups in total. The fraction of sp³-hybridized carbons (Fsp3) is 0.190. The van der Waals surface area contributed by atoms with Gasteiger partial charge in [-0.15, -0.1) is 11.8 Å². The summed E-state index contributed by atoms with van der Waals surface area (Å²) in [7, 11) is 0. The molecule has 144 valence electrons. The number of hydrogen-bond donors (Lipinski definition) is 2. The van der Waals surface area contributed by atoms with Gasteiger partial charge in [0.05, 0.1) is 11.4 Å². The molecule has 0 aliphatic heterocycles. The Morgan fingerprint density at radius 2 is 1.86 bits per heavy atom. The number of anilines is 1. The minimum absolute atomic E-state index is 0.134. The Kier molecular flexibility index (Phi) is 6.95. The van der Waals surface area contributed by atoms with Gasteiger partial charge in [-0.05, 0) is 43.2 Å². The summed E-state index contributed by atoms with van der Waals surface area (Å²) in [5, 5.41) is 3.36. The minimum atomic E-state index is -0.212. The van der Waals surface area contributed by atoms with Gasteiger partial charge in [0.15, 0.2) is 5.16 Å². The average molecular weight is 412 g/mol. The number of hydrogen-bond acceptors (Lipinski definition) is 5. The van der Waals surface area contributed by atoms with Gasteiger partial charge in [-0.1, -0.05) is 42.1 Å². The van der Waals surface area contributed by atoms with Crippen molar-refractivity contribution in [2.45, 2.75) is 29.7 Å². The van der Waals surface area contributed by atoms with Crippen LogP contribution < -0.4 is 10.9 Å². The van der Waals surface area contributed by atoms with Gasteiger partial charge in [-0.25, -0.2) is 4.98 Å². The standard InChI is InChI=1S/C21H21N3O2S2/c1-14-8-9-15(2)18(10-14)23-20(26)13-28-21-22-16(11-19(25)24-21)12-27-17-6-4-3-5-7-17/h3-11H,12-13H2,1-2H3,(H,23,26)(H,22,24,25). The fourth-order valence-electron chi connectivity index (χ4n) is 2.49. The molecule has 7 heteroatoms. The van der Waals surface area contributed by atoms with E-state index < -0.39 is 0 Å². The van der Waals surface area contributed by atoms with Crippen molar-refractivity contribution in [2.75, 3.05) is 11.1 Å². The topological polar surface area (TPSA) is 74.8 Å². The molecule has 28 heavy (non-hydrogen) atoms. The van der Waals surface area contributed by atoms with Crippen LogP contribution in [0.5, 0.6) is 0 Å². The number of carbonyl (C=O) groups excluding carboxylic acids is 1. The lowest BCUT2D eigenvalue weighted by Gasteiger charge is -2.09. The smallest absolute Gasteiger partial charge is 0.251 e. The van der Waals surface area contributed by atoms with Crippen LogP contribution in [0.3, 0.4) is 0 Å². The van der Waals surface area contributed by atoms with Crippen LogP contribution in [0.25, 0.3) is 0 Å². The monoisotopic (exact) mass is 411 g/mol. The SMILES string of the molecule is Cc1ccc(C)c(NC(=O)CSc2nc(CSc3ccccc3)cc(=O)[nH]2)c1. The van der Waals surface area contributed by atoms with E-state index in [-0.39, 0.29) is 17.2 Å². The molecule has 3 rings (SSSR count). The van der Waals surface area contributed by atoms with Crippen LogP contribution in [0.4, 0.5) is 5.69 Å². The van der Waals surface area contributed by atoms with Crippen molar-refractivity contribution in [3.63, 3.8) is 0 Å². The predicted molar refractivity (Wildman–Crippen MR) is 116 cm³/mol. The van der Waals surface area contributed by atoms with Crippen LogP contribution in [0, 0.1) is 13.8 Å². The number of amides is 1. The molecule has 0 spiro atoms. The lowest BCUT2D eigenvalue weighted by molar-refractivity contribution is -0.113. The molecule has 0 aliphatic rings. The summed E-state index contributed by atoms with van der Waals surface area (Å²) >= 11 is 2.84. The summed E-state index contributed by atoms with van der Waals surface area (Å²) in [6.45, 7) is 3.94. The van der Waals surface area contributed by atoms with Crippen LogP contribution in [-0.2, 0) is 10.5 Å². The maximum Gasteiger partial charge on any atom is 0.251 e. The second-order valence-corrected chi connectivity index (χ2v) is 8.31. The third-order valence-corrected chi connectivity index (χ3v) is 5.83. The molecule has 0 aliphatic carbocycles. The van der Waals surface area contributed by atoms with Gasteiger partial charge < -0.3 is 10.3 Å². The Morgan fingerprint density at radius 1 is 1.07 bits per heavy atom.